The number of piperidine rings is 1. The van der Waals surface area contributed by atoms with Crippen molar-refractivity contribution in [3.63, 3.8) is 0 Å². The zero-order chi connectivity index (χ0) is 12.6. The maximum absolute atomic E-state index is 11.3. The number of hydrogen-bond donors (Lipinski definition) is 2. The van der Waals surface area contributed by atoms with Gasteiger partial charge in [0.25, 0.3) is 0 Å². The summed E-state index contributed by atoms with van der Waals surface area (Å²) in [5.74, 6) is 0.445. The van der Waals surface area contributed by atoms with Gasteiger partial charge in [0.15, 0.2) is 0 Å². The molecule has 1 fully saturated rings. The molecule has 1 saturated heterocycles. The lowest BCUT2D eigenvalue weighted by atomic mass is 9.87. The predicted molar refractivity (Wildman–Crippen MR) is 70.8 cm³/mol. The molecular formula is C13H16N4O. The van der Waals surface area contributed by atoms with Crippen LogP contribution < -0.4 is 16.0 Å². The fraction of sp³-hybridized carbons (Fsp3) is 0.385. The van der Waals surface area contributed by atoms with E-state index < -0.39 is 5.54 Å². The number of carbonyl (C=O) groups is 1. The molecule has 3 N–H and O–H groups in total. The van der Waals surface area contributed by atoms with Crippen LogP contribution in [0.3, 0.4) is 0 Å². The number of carbonyl (C=O) groups excluding carboxylic acids is 1. The lowest BCUT2D eigenvalue weighted by Crippen LogP contribution is -2.58. The summed E-state index contributed by atoms with van der Waals surface area (Å²) in [6.07, 6.45) is 1.62. The Labute approximate surface area is 106 Å². The average Bonchev–Trinajstić information content (AvgIpc) is 2.66. The van der Waals surface area contributed by atoms with E-state index in [4.69, 9.17) is 5.73 Å². The van der Waals surface area contributed by atoms with E-state index in [1.165, 1.54) is 5.69 Å². The summed E-state index contributed by atoms with van der Waals surface area (Å²) in [5.41, 5.74) is 6.68. The number of nitrogens with one attached hydrogen (secondary N) is 1. The molecule has 3 rings (SSSR count). The summed E-state index contributed by atoms with van der Waals surface area (Å²) in [6, 6.07) is 9.97. The van der Waals surface area contributed by atoms with E-state index in [1.54, 1.807) is 0 Å². The van der Waals surface area contributed by atoms with Crippen LogP contribution in [0, 0.1) is 0 Å². The van der Waals surface area contributed by atoms with Gasteiger partial charge in [-0.05, 0) is 25.0 Å². The number of anilines is 1. The Kier molecular flexibility index (Phi) is 2.47. The summed E-state index contributed by atoms with van der Waals surface area (Å²) >= 11 is 0. The van der Waals surface area contributed by atoms with Crippen molar-refractivity contribution in [2.45, 2.75) is 18.4 Å². The minimum absolute atomic E-state index is 0.305. The minimum Gasteiger partial charge on any atom is -0.385 e. The molecule has 0 radical (unpaired) electrons. The second-order valence-electron chi connectivity index (χ2n) is 4.83. The first-order valence-electron chi connectivity index (χ1n) is 6.16. The normalized spacial score (nSPS) is 21.9. The highest BCUT2D eigenvalue weighted by Gasteiger charge is 2.43. The molecule has 2 amide bonds. The fourth-order valence-corrected chi connectivity index (χ4v) is 2.68. The van der Waals surface area contributed by atoms with Crippen LogP contribution >= 0.6 is 0 Å². The number of amides is 2. The van der Waals surface area contributed by atoms with Crippen LogP contribution in [0.2, 0.25) is 0 Å². The van der Waals surface area contributed by atoms with Crippen LogP contribution in [0.5, 0.6) is 0 Å². The highest BCUT2D eigenvalue weighted by atomic mass is 16.2. The van der Waals surface area contributed by atoms with E-state index in [9.17, 15) is 4.79 Å². The number of aliphatic imine (C=N–C) groups is 1. The van der Waals surface area contributed by atoms with E-state index in [0.717, 1.165) is 25.9 Å². The number of nitrogens with two attached hydrogens (primary N) is 1. The van der Waals surface area contributed by atoms with Crippen molar-refractivity contribution < 1.29 is 4.79 Å². The van der Waals surface area contributed by atoms with Crippen LogP contribution in [0.15, 0.2) is 35.3 Å². The van der Waals surface area contributed by atoms with Crippen molar-refractivity contribution in [1.29, 1.82) is 0 Å². The summed E-state index contributed by atoms with van der Waals surface area (Å²) in [5, 5.41) is 2.90. The highest BCUT2D eigenvalue weighted by Crippen LogP contribution is 2.28. The molecule has 1 aromatic carbocycles. The Morgan fingerprint density at radius 3 is 2.44 bits per heavy atom. The summed E-state index contributed by atoms with van der Waals surface area (Å²) in [4.78, 5) is 17.4. The van der Waals surface area contributed by atoms with Gasteiger partial charge in [0, 0.05) is 18.8 Å². The van der Waals surface area contributed by atoms with Crippen LogP contribution in [0.4, 0.5) is 10.5 Å². The molecule has 2 aliphatic heterocycles. The largest absolute Gasteiger partial charge is 0.385 e. The number of hydrogen-bond acceptors (Lipinski definition) is 3. The van der Waals surface area contributed by atoms with Gasteiger partial charge in [-0.1, -0.05) is 18.2 Å². The van der Waals surface area contributed by atoms with Crippen LogP contribution in [0.25, 0.3) is 0 Å². The molecule has 1 spiro atoms. The molecule has 0 atom stereocenters. The smallest absolute Gasteiger partial charge is 0.343 e. The van der Waals surface area contributed by atoms with E-state index in [2.05, 4.69) is 27.3 Å². The van der Waals surface area contributed by atoms with Gasteiger partial charge in [0.1, 0.15) is 11.4 Å². The van der Waals surface area contributed by atoms with E-state index >= 15 is 0 Å². The predicted octanol–water partition coefficient (Wildman–Crippen LogP) is 1.11. The van der Waals surface area contributed by atoms with Gasteiger partial charge >= 0.3 is 6.03 Å². The number of urea groups is 1. The van der Waals surface area contributed by atoms with E-state index in [0.29, 0.717) is 5.84 Å². The first kappa shape index (κ1) is 11.1. The maximum atomic E-state index is 11.3. The molecule has 5 nitrogen and oxygen atoms in total. The number of nitrogens with zero attached hydrogens (tertiary/aromatic N) is 2. The van der Waals surface area contributed by atoms with Crippen LogP contribution in [-0.2, 0) is 0 Å². The standard InChI is InChI=1S/C13H16N4O/c14-11-13(16-12(18)15-11)6-8-17(9-7-13)10-4-2-1-3-5-10/h1-5H,6-9H2,(H3,14,15,16,18). The van der Waals surface area contributed by atoms with Crippen LogP contribution in [0.1, 0.15) is 12.8 Å². The molecule has 2 aliphatic rings. The average molecular weight is 244 g/mol. The van der Waals surface area contributed by atoms with Crippen molar-refractivity contribution in [3.8, 4) is 0 Å². The van der Waals surface area contributed by atoms with Crippen molar-refractivity contribution >= 4 is 17.6 Å². The second-order valence-corrected chi connectivity index (χ2v) is 4.83. The van der Waals surface area contributed by atoms with Crippen molar-refractivity contribution in [3.05, 3.63) is 30.3 Å². The van der Waals surface area contributed by atoms with E-state index in [-0.39, 0.29) is 6.03 Å². The van der Waals surface area contributed by atoms with Gasteiger partial charge in [0.2, 0.25) is 0 Å². The number of amidine groups is 1. The third-order valence-electron chi connectivity index (χ3n) is 3.80. The first-order valence-corrected chi connectivity index (χ1v) is 6.16. The van der Waals surface area contributed by atoms with Gasteiger partial charge in [-0.3, -0.25) is 0 Å². The molecule has 2 heterocycles. The fourth-order valence-electron chi connectivity index (χ4n) is 2.68. The molecule has 0 bridgehead atoms. The lowest BCUT2D eigenvalue weighted by Gasteiger charge is -2.39. The number of rotatable bonds is 1. The Balaban J connectivity index is 1.73. The summed E-state index contributed by atoms with van der Waals surface area (Å²) in [7, 11) is 0. The minimum atomic E-state index is -0.400. The van der Waals surface area contributed by atoms with Gasteiger partial charge < -0.3 is 16.0 Å². The van der Waals surface area contributed by atoms with Crippen molar-refractivity contribution in [2.24, 2.45) is 10.7 Å². The zero-order valence-corrected chi connectivity index (χ0v) is 10.1. The van der Waals surface area contributed by atoms with Crippen LogP contribution in [-0.4, -0.2) is 30.5 Å². The molecule has 0 unspecified atom stereocenters. The van der Waals surface area contributed by atoms with Crippen molar-refractivity contribution in [2.75, 3.05) is 18.0 Å². The molecule has 0 aromatic heterocycles. The van der Waals surface area contributed by atoms with Gasteiger partial charge in [-0.2, -0.15) is 4.99 Å². The Hall–Kier alpha value is -2.04. The molecule has 18 heavy (non-hydrogen) atoms. The summed E-state index contributed by atoms with van der Waals surface area (Å²) in [6.45, 7) is 1.75. The van der Waals surface area contributed by atoms with Gasteiger partial charge in [0.05, 0.1) is 0 Å². The molecule has 5 heteroatoms. The zero-order valence-electron chi connectivity index (χ0n) is 10.1. The monoisotopic (exact) mass is 244 g/mol. The molecule has 0 saturated carbocycles. The topological polar surface area (TPSA) is 70.7 Å². The SMILES string of the molecule is NC1=NC(=O)NC12CCN(c1ccccc1)CC2. The Morgan fingerprint density at radius 1 is 1.22 bits per heavy atom. The first-order chi connectivity index (χ1) is 8.70. The lowest BCUT2D eigenvalue weighted by molar-refractivity contribution is 0.242. The number of benzene rings is 1. The molecule has 94 valence electrons. The highest BCUT2D eigenvalue weighted by molar-refractivity contribution is 6.06. The molecule has 1 aromatic rings. The Bertz CT molecular complexity index is 489. The summed E-state index contributed by atoms with van der Waals surface area (Å²) < 4.78 is 0. The molecular weight excluding hydrogens is 228 g/mol. The second kappa shape index (κ2) is 4.01. The quantitative estimate of drug-likeness (QED) is 0.777. The van der Waals surface area contributed by atoms with Gasteiger partial charge in [-0.15, -0.1) is 0 Å². The van der Waals surface area contributed by atoms with Crippen molar-refractivity contribution in [1.82, 2.24) is 5.32 Å². The third kappa shape index (κ3) is 1.72. The Morgan fingerprint density at radius 2 is 1.89 bits per heavy atom. The third-order valence-corrected chi connectivity index (χ3v) is 3.80. The molecule has 0 aliphatic carbocycles. The van der Waals surface area contributed by atoms with E-state index in [1.807, 2.05) is 18.2 Å². The number of para-hydroxylation sites is 1. The van der Waals surface area contributed by atoms with Gasteiger partial charge in [-0.25, -0.2) is 4.79 Å². The maximum Gasteiger partial charge on any atom is 0.343 e.